The second kappa shape index (κ2) is 8.16. The predicted octanol–water partition coefficient (Wildman–Crippen LogP) is 1.87. The molecule has 29 heavy (non-hydrogen) atoms. The van der Waals surface area contributed by atoms with Crippen molar-refractivity contribution in [1.82, 2.24) is 24.2 Å². The summed E-state index contributed by atoms with van der Waals surface area (Å²) in [6.45, 7) is 3.10. The second-order valence-electron chi connectivity index (χ2n) is 7.56. The lowest BCUT2D eigenvalue weighted by atomic mass is 10.1. The van der Waals surface area contributed by atoms with E-state index < -0.39 is 10.0 Å². The molecule has 2 aromatic rings. The van der Waals surface area contributed by atoms with Gasteiger partial charge in [-0.2, -0.15) is 4.31 Å². The van der Waals surface area contributed by atoms with Crippen molar-refractivity contribution in [2.45, 2.75) is 37.5 Å². The van der Waals surface area contributed by atoms with Gasteiger partial charge in [-0.25, -0.2) is 18.4 Å². The highest BCUT2D eigenvalue weighted by Gasteiger charge is 2.35. The third-order valence-electron chi connectivity index (χ3n) is 5.66. The molecule has 3 heterocycles. The summed E-state index contributed by atoms with van der Waals surface area (Å²) in [5, 5.41) is 0. The van der Waals surface area contributed by atoms with E-state index in [0.717, 1.165) is 25.7 Å². The van der Waals surface area contributed by atoms with Gasteiger partial charge in [0.25, 0.3) is 0 Å². The first-order chi connectivity index (χ1) is 14.0. The molecule has 1 saturated carbocycles. The van der Waals surface area contributed by atoms with E-state index in [9.17, 15) is 13.2 Å². The van der Waals surface area contributed by atoms with Gasteiger partial charge < -0.3 is 4.90 Å². The van der Waals surface area contributed by atoms with Crippen molar-refractivity contribution in [3.8, 4) is 11.4 Å². The Balaban J connectivity index is 1.55. The smallest absolute Gasteiger partial charge is 0.246 e. The molecule has 2 aliphatic rings. The molecule has 1 saturated heterocycles. The second-order valence-corrected chi connectivity index (χ2v) is 9.46. The van der Waals surface area contributed by atoms with Gasteiger partial charge in [-0.15, -0.1) is 0 Å². The van der Waals surface area contributed by atoms with Gasteiger partial charge >= 0.3 is 0 Å². The first-order valence-electron chi connectivity index (χ1n) is 10.0. The molecule has 8 nitrogen and oxygen atoms in total. The van der Waals surface area contributed by atoms with Crippen LogP contribution in [-0.2, 0) is 14.8 Å². The molecule has 0 N–H and O–H groups in total. The predicted molar refractivity (Wildman–Crippen MR) is 107 cm³/mol. The van der Waals surface area contributed by atoms with Crippen molar-refractivity contribution >= 4 is 15.9 Å². The molecule has 2 fully saturated rings. The number of carbonyl (C=O) groups is 1. The molecule has 0 radical (unpaired) electrons. The highest BCUT2D eigenvalue weighted by Crippen LogP contribution is 2.29. The van der Waals surface area contributed by atoms with Crippen LogP contribution >= 0.6 is 0 Å². The largest absolute Gasteiger partial charge is 0.340 e. The van der Waals surface area contributed by atoms with Crippen LogP contribution in [-0.4, -0.2) is 64.7 Å². The van der Waals surface area contributed by atoms with E-state index in [1.807, 2.05) is 4.90 Å². The molecule has 1 aliphatic heterocycles. The van der Waals surface area contributed by atoms with Gasteiger partial charge in [0.1, 0.15) is 16.4 Å². The number of nitrogens with zero attached hydrogens (tertiary/aromatic N) is 5. The van der Waals surface area contributed by atoms with E-state index in [1.165, 1.54) is 10.5 Å². The van der Waals surface area contributed by atoms with Gasteiger partial charge in [0.2, 0.25) is 15.9 Å². The van der Waals surface area contributed by atoms with Crippen LogP contribution in [0.15, 0.2) is 35.5 Å². The van der Waals surface area contributed by atoms with Crippen LogP contribution in [0.2, 0.25) is 0 Å². The molecule has 0 atom stereocenters. The van der Waals surface area contributed by atoms with Gasteiger partial charge in [0.05, 0.1) is 11.9 Å². The summed E-state index contributed by atoms with van der Waals surface area (Å²) in [6.07, 6.45) is 7.08. The molecule has 0 aromatic carbocycles. The molecular formula is C20H25N5O3S. The zero-order chi connectivity index (χ0) is 20.4. The van der Waals surface area contributed by atoms with E-state index in [4.69, 9.17) is 0 Å². The fourth-order valence-electron chi connectivity index (χ4n) is 4.05. The Kier molecular flexibility index (Phi) is 5.60. The first kappa shape index (κ1) is 19.9. The molecule has 9 heteroatoms. The minimum Gasteiger partial charge on any atom is -0.340 e. The van der Waals surface area contributed by atoms with E-state index in [1.54, 1.807) is 31.3 Å². The molecule has 1 amide bonds. The molecule has 0 spiro atoms. The molecule has 2 aromatic heterocycles. The number of hydrogen-bond acceptors (Lipinski definition) is 6. The van der Waals surface area contributed by atoms with Crippen LogP contribution in [0.4, 0.5) is 0 Å². The Labute approximate surface area is 171 Å². The maximum absolute atomic E-state index is 13.3. The van der Waals surface area contributed by atoms with E-state index in [0.29, 0.717) is 30.3 Å². The van der Waals surface area contributed by atoms with Crippen molar-refractivity contribution < 1.29 is 13.2 Å². The van der Waals surface area contributed by atoms with Gasteiger partial charge in [-0.3, -0.25) is 9.78 Å². The lowest BCUT2D eigenvalue weighted by Gasteiger charge is -2.35. The number of aromatic nitrogens is 3. The van der Waals surface area contributed by atoms with Gasteiger partial charge in [0.15, 0.2) is 0 Å². The minimum absolute atomic E-state index is 0.0531. The fraction of sp³-hybridized carbons (Fsp3) is 0.500. The summed E-state index contributed by atoms with van der Waals surface area (Å²) in [7, 11) is -3.80. The quantitative estimate of drug-likeness (QED) is 0.756. The van der Waals surface area contributed by atoms with Crippen LogP contribution in [0.3, 0.4) is 0 Å². The van der Waals surface area contributed by atoms with Gasteiger partial charge in [-0.1, -0.05) is 18.9 Å². The third kappa shape index (κ3) is 4.02. The Bertz CT molecular complexity index is 982. The molecule has 4 rings (SSSR count). The van der Waals surface area contributed by atoms with Gasteiger partial charge in [-0.05, 0) is 31.9 Å². The topological polar surface area (TPSA) is 96.4 Å². The zero-order valence-electron chi connectivity index (χ0n) is 16.5. The number of pyridine rings is 1. The molecule has 154 valence electrons. The summed E-state index contributed by atoms with van der Waals surface area (Å²) >= 11 is 0. The van der Waals surface area contributed by atoms with Crippen LogP contribution in [0.5, 0.6) is 0 Å². The third-order valence-corrected chi connectivity index (χ3v) is 7.56. The van der Waals surface area contributed by atoms with Crippen molar-refractivity contribution in [3.05, 3.63) is 36.4 Å². The molecule has 0 unspecified atom stereocenters. The van der Waals surface area contributed by atoms with Crippen LogP contribution < -0.4 is 0 Å². The number of sulfonamides is 1. The van der Waals surface area contributed by atoms with Crippen molar-refractivity contribution in [1.29, 1.82) is 0 Å². The lowest BCUT2D eigenvalue weighted by molar-refractivity contribution is -0.136. The van der Waals surface area contributed by atoms with Gasteiger partial charge in [0, 0.05) is 38.3 Å². The average Bonchev–Trinajstić information content (AvgIpc) is 3.28. The highest BCUT2D eigenvalue weighted by atomic mass is 32.2. The molecule has 0 bridgehead atoms. The Hall–Kier alpha value is -2.39. The lowest BCUT2D eigenvalue weighted by Crippen LogP contribution is -2.51. The number of carbonyl (C=O) groups excluding carboxylic acids is 1. The SMILES string of the molecule is Cc1ncc(S(=O)(=O)N2CCN(C(=O)C3CCCC3)CC2)c(-c2ccccn2)n1. The standard InChI is InChI=1S/C20H25N5O3S/c1-15-22-14-18(19(23-15)17-8-4-5-9-21-17)29(27,28)25-12-10-24(11-13-25)20(26)16-6-2-3-7-16/h4-5,8-9,14,16H,2-3,6-7,10-13H2,1H3. The van der Waals surface area contributed by atoms with Crippen LogP contribution in [0.1, 0.15) is 31.5 Å². The number of aryl methyl sites for hydroxylation is 1. The van der Waals surface area contributed by atoms with E-state index in [2.05, 4.69) is 15.0 Å². The number of hydrogen-bond donors (Lipinski definition) is 0. The average molecular weight is 416 g/mol. The van der Waals surface area contributed by atoms with E-state index >= 15 is 0 Å². The summed E-state index contributed by atoms with van der Waals surface area (Å²) in [5.74, 6) is 0.767. The zero-order valence-corrected chi connectivity index (χ0v) is 17.3. The van der Waals surface area contributed by atoms with Crippen LogP contribution in [0, 0.1) is 12.8 Å². The maximum Gasteiger partial charge on any atom is 0.246 e. The fourth-order valence-corrected chi connectivity index (χ4v) is 5.56. The Morgan fingerprint density at radius 1 is 1.07 bits per heavy atom. The number of amides is 1. The highest BCUT2D eigenvalue weighted by molar-refractivity contribution is 7.89. The summed E-state index contributed by atoms with van der Waals surface area (Å²) in [4.78, 5) is 27.2. The number of piperazine rings is 1. The summed E-state index contributed by atoms with van der Waals surface area (Å²) in [6, 6.07) is 5.30. The normalized spacial score (nSPS) is 18.9. The maximum atomic E-state index is 13.3. The van der Waals surface area contributed by atoms with E-state index in [-0.39, 0.29) is 29.8 Å². The van der Waals surface area contributed by atoms with Crippen LogP contribution in [0.25, 0.3) is 11.4 Å². The first-order valence-corrected chi connectivity index (χ1v) is 11.4. The van der Waals surface area contributed by atoms with Crippen molar-refractivity contribution in [3.63, 3.8) is 0 Å². The Morgan fingerprint density at radius 3 is 2.45 bits per heavy atom. The molecule has 1 aliphatic carbocycles. The summed E-state index contributed by atoms with van der Waals surface area (Å²) in [5.41, 5.74) is 0.800. The monoisotopic (exact) mass is 415 g/mol. The summed E-state index contributed by atoms with van der Waals surface area (Å²) < 4.78 is 28.1. The van der Waals surface area contributed by atoms with Crippen molar-refractivity contribution in [2.24, 2.45) is 5.92 Å². The molecular weight excluding hydrogens is 390 g/mol. The number of rotatable bonds is 4. The Morgan fingerprint density at radius 2 is 1.79 bits per heavy atom. The van der Waals surface area contributed by atoms with Crippen molar-refractivity contribution in [2.75, 3.05) is 26.2 Å². The minimum atomic E-state index is -3.80.